The molecule has 0 fully saturated rings. The maximum absolute atomic E-state index is 13.1. The van der Waals surface area contributed by atoms with E-state index in [2.05, 4.69) is 11.2 Å². The Hall–Kier alpha value is -3.27. The zero-order chi connectivity index (χ0) is 19.3. The van der Waals surface area contributed by atoms with E-state index in [9.17, 15) is 9.59 Å². The van der Waals surface area contributed by atoms with Gasteiger partial charge in [0, 0.05) is 36.3 Å². The molecule has 0 amide bonds. The van der Waals surface area contributed by atoms with Crippen molar-refractivity contribution < 1.29 is 9.59 Å². The van der Waals surface area contributed by atoms with Gasteiger partial charge in [-0.25, -0.2) is 0 Å². The smallest absolute Gasteiger partial charge is 0.187 e. The number of nitrogens with zero attached hydrogens (tertiary/aromatic N) is 2. The summed E-state index contributed by atoms with van der Waals surface area (Å²) in [7, 11) is 0. The molecule has 0 N–H and O–H groups in total. The molecule has 1 aromatic heterocycles. The standard InChI is InChI=1S/C24H20N2O2/c1-15-13-17-7-8-19-18-6-3-2-5-16(18)14-21(27)23(19)22(17)20(24(15)28)9-12-26-11-4-10-25-26/h2-8,10-11,13-15,20H,9,12H2,1H3. The lowest BCUT2D eigenvalue weighted by Crippen LogP contribution is -2.34. The SMILES string of the molecule is CC1C=c2ccc3c(c2C(CCn2cccn2)C1=O)C(=O)C=c1ccccc1=3. The molecule has 0 aliphatic heterocycles. The minimum Gasteiger partial charge on any atom is -0.298 e. The molecule has 2 aliphatic carbocycles. The van der Waals surface area contributed by atoms with E-state index in [0.29, 0.717) is 18.5 Å². The summed E-state index contributed by atoms with van der Waals surface area (Å²) in [4.78, 5) is 26.2. The Morgan fingerprint density at radius 2 is 1.86 bits per heavy atom. The first-order chi connectivity index (χ1) is 13.6. The summed E-state index contributed by atoms with van der Waals surface area (Å²) in [5.74, 6) is -0.273. The van der Waals surface area contributed by atoms with E-state index in [1.165, 1.54) is 0 Å². The molecule has 2 aliphatic rings. The van der Waals surface area contributed by atoms with Gasteiger partial charge in [0.1, 0.15) is 5.78 Å². The third kappa shape index (κ3) is 2.56. The van der Waals surface area contributed by atoms with E-state index < -0.39 is 0 Å². The van der Waals surface area contributed by atoms with Crippen LogP contribution >= 0.6 is 0 Å². The van der Waals surface area contributed by atoms with E-state index in [-0.39, 0.29) is 23.4 Å². The summed E-state index contributed by atoms with van der Waals surface area (Å²) >= 11 is 0. The van der Waals surface area contributed by atoms with Gasteiger partial charge in [-0.05, 0) is 45.0 Å². The van der Waals surface area contributed by atoms with Gasteiger partial charge in [0.15, 0.2) is 5.78 Å². The number of carbonyl (C=O) groups excluding carboxylic acids is 2. The van der Waals surface area contributed by atoms with Crippen LogP contribution in [0.2, 0.25) is 0 Å². The first-order valence-electron chi connectivity index (χ1n) is 9.65. The Morgan fingerprint density at radius 3 is 2.68 bits per heavy atom. The average molecular weight is 368 g/mol. The Balaban J connectivity index is 1.77. The number of aryl methyl sites for hydroxylation is 1. The number of hydrogen-bond donors (Lipinski definition) is 0. The lowest BCUT2D eigenvalue weighted by Gasteiger charge is -2.26. The summed E-state index contributed by atoms with van der Waals surface area (Å²) in [6.07, 6.45) is 7.97. The fourth-order valence-electron chi connectivity index (χ4n) is 4.52. The van der Waals surface area contributed by atoms with Crippen LogP contribution in [0.1, 0.15) is 35.2 Å². The van der Waals surface area contributed by atoms with Gasteiger partial charge in [-0.2, -0.15) is 5.10 Å². The molecule has 0 saturated heterocycles. The van der Waals surface area contributed by atoms with Crippen molar-refractivity contribution in [2.45, 2.75) is 25.8 Å². The molecule has 2 atom stereocenters. The predicted molar refractivity (Wildman–Crippen MR) is 107 cm³/mol. The second kappa shape index (κ2) is 6.41. The molecule has 4 nitrogen and oxygen atoms in total. The Kier molecular flexibility index (Phi) is 3.86. The number of hydrogen-bond acceptors (Lipinski definition) is 3. The molecular weight excluding hydrogens is 348 g/mol. The number of rotatable bonds is 3. The van der Waals surface area contributed by atoms with Crippen molar-refractivity contribution in [3.63, 3.8) is 0 Å². The van der Waals surface area contributed by atoms with E-state index in [1.807, 2.05) is 60.3 Å². The van der Waals surface area contributed by atoms with Crippen LogP contribution < -0.4 is 10.4 Å². The van der Waals surface area contributed by atoms with Gasteiger partial charge in [-0.3, -0.25) is 14.3 Å². The fraction of sp³-hybridized carbons (Fsp3) is 0.208. The first kappa shape index (κ1) is 16.9. The molecular formula is C24H20N2O2. The minimum atomic E-state index is -0.295. The Bertz CT molecular complexity index is 1320. The van der Waals surface area contributed by atoms with Gasteiger partial charge in [0.2, 0.25) is 0 Å². The van der Waals surface area contributed by atoms with Crippen LogP contribution in [0.3, 0.4) is 0 Å². The monoisotopic (exact) mass is 368 g/mol. The van der Waals surface area contributed by atoms with Gasteiger partial charge < -0.3 is 0 Å². The number of Topliss-reactive ketones (excluding diaryl/α,β-unsaturated/α-hetero) is 2. The third-order valence-corrected chi connectivity index (χ3v) is 5.84. The highest BCUT2D eigenvalue weighted by Crippen LogP contribution is 2.30. The van der Waals surface area contributed by atoms with Crippen LogP contribution in [0.4, 0.5) is 0 Å². The number of fused-ring (bicyclic) bond motifs is 4. The van der Waals surface area contributed by atoms with Gasteiger partial charge in [0.25, 0.3) is 0 Å². The Labute approximate surface area is 162 Å². The van der Waals surface area contributed by atoms with E-state index in [0.717, 1.165) is 26.4 Å². The summed E-state index contributed by atoms with van der Waals surface area (Å²) in [5.41, 5.74) is 1.58. The van der Waals surface area contributed by atoms with E-state index in [4.69, 9.17) is 0 Å². The van der Waals surface area contributed by atoms with Crippen molar-refractivity contribution in [2.24, 2.45) is 5.92 Å². The summed E-state index contributed by atoms with van der Waals surface area (Å²) in [6.45, 7) is 2.59. The summed E-state index contributed by atoms with van der Waals surface area (Å²) in [5, 5.41) is 8.19. The van der Waals surface area contributed by atoms with Gasteiger partial charge in [0.05, 0.1) is 0 Å². The zero-order valence-corrected chi connectivity index (χ0v) is 15.6. The van der Waals surface area contributed by atoms with Crippen LogP contribution in [0.25, 0.3) is 12.2 Å². The number of carbonyl (C=O) groups is 2. The molecule has 5 rings (SSSR count). The van der Waals surface area contributed by atoms with Gasteiger partial charge in [-0.15, -0.1) is 0 Å². The molecule has 3 aromatic rings. The lowest BCUT2D eigenvalue weighted by atomic mass is 9.76. The maximum atomic E-state index is 13.1. The Morgan fingerprint density at radius 1 is 1.00 bits per heavy atom. The second-order valence-electron chi connectivity index (χ2n) is 7.55. The topological polar surface area (TPSA) is 52.0 Å². The summed E-state index contributed by atoms with van der Waals surface area (Å²) < 4.78 is 1.84. The molecule has 0 saturated carbocycles. The molecule has 0 radical (unpaired) electrons. The van der Waals surface area contributed by atoms with Crippen LogP contribution in [-0.4, -0.2) is 21.3 Å². The van der Waals surface area contributed by atoms with Crippen molar-refractivity contribution in [1.82, 2.24) is 9.78 Å². The van der Waals surface area contributed by atoms with Crippen LogP contribution in [0, 0.1) is 16.4 Å². The van der Waals surface area contributed by atoms with Crippen LogP contribution in [-0.2, 0) is 11.3 Å². The van der Waals surface area contributed by atoms with Gasteiger partial charge >= 0.3 is 0 Å². The molecule has 4 heteroatoms. The number of aromatic nitrogens is 2. The summed E-state index contributed by atoms with van der Waals surface area (Å²) in [6, 6.07) is 13.9. The number of ketones is 2. The van der Waals surface area contributed by atoms with Crippen LogP contribution in [0.15, 0.2) is 54.9 Å². The van der Waals surface area contributed by atoms with E-state index >= 15 is 0 Å². The maximum Gasteiger partial charge on any atom is 0.187 e. The molecule has 1 heterocycles. The molecule has 0 bridgehead atoms. The molecule has 138 valence electrons. The quantitative estimate of drug-likeness (QED) is 0.713. The molecule has 0 spiro atoms. The molecule has 2 unspecified atom stereocenters. The van der Waals surface area contributed by atoms with Crippen molar-refractivity contribution in [3.05, 3.63) is 86.9 Å². The van der Waals surface area contributed by atoms with Crippen molar-refractivity contribution in [1.29, 1.82) is 0 Å². The zero-order valence-electron chi connectivity index (χ0n) is 15.6. The normalized spacial score (nSPS) is 19.9. The molecule has 28 heavy (non-hydrogen) atoms. The van der Waals surface area contributed by atoms with Crippen LogP contribution in [0.5, 0.6) is 0 Å². The predicted octanol–water partition coefficient (Wildman–Crippen LogP) is 2.32. The second-order valence-corrected chi connectivity index (χ2v) is 7.55. The highest BCUT2D eigenvalue weighted by molar-refractivity contribution is 6.19. The van der Waals surface area contributed by atoms with Crippen molar-refractivity contribution in [3.8, 4) is 0 Å². The van der Waals surface area contributed by atoms with Crippen molar-refractivity contribution in [2.75, 3.05) is 0 Å². The van der Waals surface area contributed by atoms with Crippen molar-refractivity contribution >= 4 is 23.7 Å². The highest BCUT2D eigenvalue weighted by Gasteiger charge is 2.32. The average Bonchev–Trinajstić information content (AvgIpc) is 3.21. The first-order valence-corrected chi connectivity index (χ1v) is 9.65. The highest BCUT2D eigenvalue weighted by atomic mass is 16.1. The lowest BCUT2D eigenvalue weighted by molar-refractivity contribution is -0.122. The minimum absolute atomic E-state index is 0.00890. The van der Waals surface area contributed by atoms with E-state index in [1.54, 1.807) is 12.3 Å². The van der Waals surface area contributed by atoms with Gasteiger partial charge in [-0.1, -0.05) is 49.4 Å². The largest absolute Gasteiger partial charge is 0.298 e. The number of benzene rings is 2. The molecule has 2 aromatic carbocycles. The fourth-order valence-corrected chi connectivity index (χ4v) is 4.52. The third-order valence-electron chi connectivity index (χ3n) is 5.84.